The Balaban J connectivity index is 0.000000187. The summed E-state index contributed by atoms with van der Waals surface area (Å²) in [4.78, 5) is 13.3. The Hall–Kier alpha value is -4.18. The molecule has 0 amide bonds. The van der Waals surface area contributed by atoms with Crippen molar-refractivity contribution < 1.29 is 24.5 Å². The van der Waals surface area contributed by atoms with Gasteiger partial charge in [-0.1, -0.05) is 47.3 Å². The summed E-state index contributed by atoms with van der Waals surface area (Å²) in [7, 11) is 0. The molecule has 39 heavy (non-hydrogen) atoms. The van der Waals surface area contributed by atoms with Crippen LogP contribution in [0.1, 0.15) is 16.8 Å². The van der Waals surface area contributed by atoms with Gasteiger partial charge in [0.1, 0.15) is 5.58 Å². The number of hydrogen-bond acceptors (Lipinski definition) is 4. The van der Waals surface area contributed by atoms with Crippen molar-refractivity contribution in [2.75, 3.05) is 0 Å². The first-order chi connectivity index (χ1) is 18.6. The van der Waals surface area contributed by atoms with Crippen LogP contribution in [0.25, 0.3) is 55.2 Å². The molecule has 0 N–H and O–H groups in total. The van der Waals surface area contributed by atoms with E-state index in [1.54, 1.807) is 0 Å². The van der Waals surface area contributed by atoms with Gasteiger partial charge in [0.2, 0.25) is 0 Å². The molecule has 0 aliphatic heterocycles. The fourth-order valence-corrected chi connectivity index (χ4v) is 4.51. The maximum Gasteiger partial charge on any atom is 0.130 e. The van der Waals surface area contributed by atoms with E-state index >= 15 is 0 Å². The van der Waals surface area contributed by atoms with E-state index in [4.69, 9.17) is 4.42 Å². The monoisotopic (exact) mass is 684 g/mol. The summed E-state index contributed by atoms with van der Waals surface area (Å²) < 4.78 is 6.31. The van der Waals surface area contributed by atoms with Crippen LogP contribution in [0.15, 0.2) is 102 Å². The van der Waals surface area contributed by atoms with Crippen LogP contribution in [0.5, 0.6) is 0 Å². The van der Waals surface area contributed by atoms with Gasteiger partial charge in [0.25, 0.3) is 0 Å². The standard InChI is InChI=1S/C22H15N2O.C12H10N.Ir/c1-13-6-9-20(24-11-13)18-5-3-4-16-17-8-7-15-10-14(2)23-12-19(15)22(17)25-21(16)18;1-10-7-8-12(13-9-10)11-5-3-2-4-6-11;/h3-4,6-12H,1-2H3;2-5,7-9H,1H3;/q2*-1;. The van der Waals surface area contributed by atoms with Gasteiger partial charge in [-0.15, -0.1) is 54.1 Å². The molecule has 5 heteroatoms. The Morgan fingerprint density at radius 1 is 0.615 bits per heavy atom. The van der Waals surface area contributed by atoms with Gasteiger partial charge in [0.05, 0.1) is 5.58 Å². The topological polar surface area (TPSA) is 51.8 Å². The third-order valence-electron chi connectivity index (χ3n) is 6.50. The molecule has 4 aromatic heterocycles. The van der Waals surface area contributed by atoms with Crippen LogP contribution in [-0.4, -0.2) is 15.0 Å². The fraction of sp³-hybridized carbons (Fsp3) is 0.0882. The van der Waals surface area contributed by atoms with Crippen molar-refractivity contribution >= 4 is 32.7 Å². The van der Waals surface area contributed by atoms with Crippen molar-refractivity contribution in [1.29, 1.82) is 0 Å². The maximum atomic E-state index is 6.31. The zero-order valence-electron chi connectivity index (χ0n) is 21.8. The Kier molecular flexibility index (Phi) is 7.65. The summed E-state index contributed by atoms with van der Waals surface area (Å²) in [5.41, 5.74) is 8.78. The van der Waals surface area contributed by atoms with E-state index in [-0.39, 0.29) is 20.1 Å². The zero-order chi connectivity index (χ0) is 26.1. The summed E-state index contributed by atoms with van der Waals surface area (Å²) >= 11 is 0. The second-order valence-corrected chi connectivity index (χ2v) is 9.40. The van der Waals surface area contributed by atoms with Crippen LogP contribution >= 0.6 is 0 Å². The van der Waals surface area contributed by atoms with Crippen molar-refractivity contribution in [3.63, 3.8) is 0 Å². The summed E-state index contributed by atoms with van der Waals surface area (Å²) in [6.07, 6.45) is 5.63. The molecule has 0 spiro atoms. The summed E-state index contributed by atoms with van der Waals surface area (Å²) in [6, 6.07) is 32.7. The number of furan rings is 1. The van der Waals surface area contributed by atoms with Crippen LogP contribution in [0, 0.1) is 32.9 Å². The van der Waals surface area contributed by atoms with Gasteiger partial charge in [0, 0.05) is 55.2 Å². The SMILES string of the molecule is Cc1ccc(-c2[c-]ccc3c2oc2c4cnc(C)cc4ccc32)nc1.Cc1ccc(-c2[c-]cccc2)nc1.[Ir]. The molecule has 4 nitrogen and oxygen atoms in total. The first-order valence-corrected chi connectivity index (χ1v) is 12.5. The van der Waals surface area contributed by atoms with E-state index in [0.717, 1.165) is 66.5 Å². The minimum absolute atomic E-state index is 0. The minimum Gasteiger partial charge on any atom is -0.500 e. The van der Waals surface area contributed by atoms with Crippen molar-refractivity contribution in [3.05, 3.63) is 126 Å². The summed E-state index contributed by atoms with van der Waals surface area (Å²) in [5, 5.41) is 4.34. The van der Waals surface area contributed by atoms with Crippen molar-refractivity contribution in [3.8, 4) is 22.5 Å². The molecule has 193 valence electrons. The zero-order valence-corrected chi connectivity index (χ0v) is 24.2. The predicted molar refractivity (Wildman–Crippen MR) is 154 cm³/mol. The quantitative estimate of drug-likeness (QED) is 0.172. The molecule has 7 aromatic rings. The fourth-order valence-electron chi connectivity index (χ4n) is 4.51. The third-order valence-corrected chi connectivity index (χ3v) is 6.50. The van der Waals surface area contributed by atoms with Gasteiger partial charge >= 0.3 is 0 Å². The van der Waals surface area contributed by atoms with Crippen LogP contribution < -0.4 is 0 Å². The van der Waals surface area contributed by atoms with Crippen molar-refractivity contribution in [1.82, 2.24) is 15.0 Å². The molecule has 1 radical (unpaired) electrons. The first kappa shape index (κ1) is 26.4. The number of fused-ring (bicyclic) bond motifs is 5. The summed E-state index contributed by atoms with van der Waals surface area (Å²) in [6.45, 7) is 6.06. The van der Waals surface area contributed by atoms with E-state index in [2.05, 4.69) is 57.4 Å². The Bertz CT molecular complexity index is 1880. The van der Waals surface area contributed by atoms with Crippen molar-refractivity contribution in [2.24, 2.45) is 0 Å². The molecule has 4 heterocycles. The normalized spacial score (nSPS) is 10.7. The van der Waals surface area contributed by atoms with E-state index in [1.807, 2.05) is 87.9 Å². The minimum atomic E-state index is 0. The Morgan fingerprint density at radius 3 is 2.05 bits per heavy atom. The molecule has 7 rings (SSSR count). The van der Waals surface area contributed by atoms with Gasteiger partial charge in [0.15, 0.2) is 0 Å². The smallest absolute Gasteiger partial charge is 0.130 e. The second kappa shape index (κ2) is 11.3. The van der Waals surface area contributed by atoms with Gasteiger partial charge in [-0.25, -0.2) is 0 Å². The van der Waals surface area contributed by atoms with E-state index in [9.17, 15) is 0 Å². The van der Waals surface area contributed by atoms with Crippen LogP contribution in [0.2, 0.25) is 0 Å². The third kappa shape index (κ3) is 5.37. The number of aromatic nitrogens is 3. The number of aryl methyl sites for hydroxylation is 3. The molecule has 3 aromatic carbocycles. The Labute approximate surface area is 241 Å². The van der Waals surface area contributed by atoms with Crippen LogP contribution in [-0.2, 0) is 20.1 Å². The molecule has 0 aliphatic rings. The molecule has 0 saturated heterocycles. The Morgan fingerprint density at radius 2 is 1.36 bits per heavy atom. The molecule has 0 unspecified atom stereocenters. The van der Waals surface area contributed by atoms with Gasteiger partial charge < -0.3 is 14.4 Å². The average Bonchev–Trinajstić information content (AvgIpc) is 3.34. The van der Waals surface area contributed by atoms with Gasteiger partial charge in [-0.2, -0.15) is 0 Å². The molecule has 0 atom stereocenters. The van der Waals surface area contributed by atoms with E-state index < -0.39 is 0 Å². The average molecular weight is 684 g/mol. The molecular formula is C34H25IrN3O-2. The second-order valence-electron chi connectivity index (χ2n) is 9.40. The van der Waals surface area contributed by atoms with E-state index in [1.165, 1.54) is 5.56 Å². The maximum absolute atomic E-state index is 6.31. The molecule has 0 bridgehead atoms. The number of pyridine rings is 3. The molecule has 0 aliphatic carbocycles. The van der Waals surface area contributed by atoms with Crippen LogP contribution in [0.4, 0.5) is 0 Å². The molecular weight excluding hydrogens is 659 g/mol. The number of nitrogens with zero attached hydrogens (tertiary/aromatic N) is 3. The van der Waals surface area contributed by atoms with Crippen molar-refractivity contribution in [2.45, 2.75) is 20.8 Å². The van der Waals surface area contributed by atoms with Crippen LogP contribution in [0.3, 0.4) is 0 Å². The summed E-state index contributed by atoms with van der Waals surface area (Å²) in [5.74, 6) is 0. The first-order valence-electron chi connectivity index (χ1n) is 12.5. The molecule has 0 fully saturated rings. The van der Waals surface area contributed by atoms with E-state index in [0.29, 0.717) is 0 Å². The number of rotatable bonds is 2. The largest absolute Gasteiger partial charge is 0.500 e. The van der Waals surface area contributed by atoms with Gasteiger partial charge in [-0.3, -0.25) is 4.98 Å². The molecule has 0 saturated carbocycles. The number of benzene rings is 3. The number of hydrogen-bond donors (Lipinski definition) is 0. The van der Waals surface area contributed by atoms with Gasteiger partial charge in [-0.05, 0) is 54.7 Å². The predicted octanol–water partition coefficient (Wildman–Crippen LogP) is 8.47.